The minimum atomic E-state index is -4.42. The van der Waals surface area contributed by atoms with Crippen molar-refractivity contribution >= 4 is 5.91 Å². The molecule has 0 aliphatic heterocycles. The molecule has 0 aliphatic rings. The number of rotatable bonds is 4. The van der Waals surface area contributed by atoms with Crippen LogP contribution < -0.4 is 5.32 Å². The zero-order valence-electron chi connectivity index (χ0n) is 10.9. The SMILES string of the molecule is C=CCNC(=O)c1ccc(-c2cccc(C(F)(F)F)c2)o1. The average Bonchev–Trinajstić information content (AvgIpc) is 2.94. The van der Waals surface area contributed by atoms with Crippen LogP contribution >= 0.6 is 0 Å². The minimum Gasteiger partial charge on any atom is -0.451 e. The maximum atomic E-state index is 12.7. The van der Waals surface area contributed by atoms with Crippen molar-refractivity contribution in [2.45, 2.75) is 6.18 Å². The third-order valence-corrected chi connectivity index (χ3v) is 2.71. The van der Waals surface area contributed by atoms with Gasteiger partial charge in [-0.05, 0) is 24.3 Å². The number of amides is 1. The highest BCUT2D eigenvalue weighted by molar-refractivity contribution is 5.92. The van der Waals surface area contributed by atoms with Crippen molar-refractivity contribution in [3.8, 4) is 11.3 Å². The van der Waals surface area contributed by atoms with E-state index in [1.807, 2.05) is 0 Å². The molecule has 0 aliphatic carbocycles. The van der Waals surface area contributed by atoms with E-state index in [4.69, 9.17) is 4.42 Å². The molecular formula is C15H12F3NO2. The van der Waals surface area contributed by atoms with Crippen LogP contribution in [-0.4, -0.2) is 12.5 Å². The molecule has 0 radical (unpaired) electrons. The lowest BCUT2D eigenvalue weighted by Gasteiger charge is -2.07. The van der Waals surface area contributed by atoms with Crippen LogP contribution in [-0.2, 0) is 6.18 Å². The summed E-state index contributed by atoms with van der Waals surface area (Å²) in [6.45, 7) is 3.74. The molecule has 1 aromatic heterocycles. The number of carbonyl (C=O) groups excluding carboxylic acids is 1. The number of hydrogen-bond donors (Lipinski definition) is 1. The molecule has 0 atom stereocenters. The number of carbonyl (C=O) groups is 1. The molecule has 0 saturated heterocycles. The van der Waals surface area contributed by atoms with Crippen molar-refractivity contribution in [2.24, 2.45) is 0 Å². The first-order chi connectivity index (χ1) is 9.91. The van der Waals surface area contributed by atoms with Crippen LogP contribution in [0.2, 0.25) is 0 Å². The molecule has 6 heteroatoms. The van der Waals surface area contributed by atoms with Gasteiger partial charge in [0.25, 0.3) is 5.91 Å². The molecule has 0 bridgehead atoms. The second-order valence-electron chi connectivity index (χ2n) is 4.24. The van der Waals surface area contributed by atoms with E-state index in [0.717, 1.165) is 12.1 Å². The van der Waals surface area contributed by atoms with Gasteiger partial charge in [-0.3, -0.25) is 4.79 Å². The third kappa shape index (κ3) is 3.53. The Morgan fingerprint density at radius 3 is 2.71 bits per heavy atom. The highest BCUT2D eigenvalue weighted by atomic mass is 19.4. The summed E-state index contributed by atoms with van der Waals surface area (Å²) in [5, 5.41) is 2.52. The van der Waals surface area contributed by atoms with Gasteiger partial charge in [0.05, 0.1) is 5.56 Å². The van der Waals surface area contributed by atoms with Gasteiger partial charge in [0, 0.05) is 12.1 Å². The second-order valence-corrected chi connectivity index (χ2v) is 4.24. The standard InChI is InChI=1S/C15H12F3NO2/c1-2-8-19-14(20)13-7-6-12(21-13)10-4-3-5-11(9-10)15(16,17)18/h2-7,9H,1,8H2,(H,19,20). The smallest absolute Gasteiger partial charge is 0.416 e. The first kappa shape index (κ1) is 14.9. The van der Waals surface area contributed by atoms with Crippen molar-refractivity contribution in [1.29, 1.82) is 0 Å². The van der Waals surface area contributed by atoms with Gasteiger partial charge < -0.3 is 9.73 Å². The summed E-state index contributed by atoms with van der Waals surface area (Å²) >= 11 is 0. The van der Waals surface area contributed by atoms with Crippen LogP contribution in [0.25, 0.3) is 11.3 Å². The first-order valence-electron chi connectivity index (χ1n) is 6.08. The molecule has 2 rings (SSSR count). The fourth-order valence-corrected chi connectivity index (χ4v) is 1.72. The summed E-state index contributed by atoms with van der Waals surface area (Å²) in [6.07, 6.45) is -2.92. The van der Waals surface area contributed by atoms with Crippen molar-refractivity contribution in [3.63, 3.8) is 0 Å². The Morgan fingerprint density at radius 2 is 2.05 bits per heavy atom. The summed E-state index contributed by atoms with van der Waals surface area (Å²) in [5.74, 6) is -0.220. The summed E-state index contributed by atoms with van der Waals surface area (Å²) in [7, 11) is 0. The van der Waals surface area contributed by atoms with Crippen LogP contribution in [0.1, 0.15) is 16.1 Å². The van der Waals surface area contributed by atoms with Crippen LogP contribution in [0.5, 0.6) is 0 Å². The molecule has 0 saturated carbocycles. The number of alkyl halides is 3. The van der Waals surface area contributed by atoms with E-state index in [1.165, 1.54) is 30.3 Å². The Balaban J connectivity index is 2.25. The maximum Gasteiger partial charge on any atom is 0.416 e. The fourth-order valence-electron chi connectivity index (χ4n) is 1.72. The lowest BCUT2D eigenvalue weighted by molar-refractivity contribution is -0.137. The Hall–Kier alpha value is -2.50. The minimum absolute atomic E-state index is 0.0317. The second kappa shape index (κ2) is 5.87. The van der Waals surface area contributed by atoms with E-state index in [-0.39, 0.29) is 23.6 Å². The van der Waals surface area contributed by atoms with Crippen molar-refractivity contribution in [2.75, 3.05) is 6.54 Å². The highest BCUT2D eigenvalue weighted by Crippen LogP contribution is 2.32. The third-order valence-electron chi connectivity index (χ3n) is 2.71. The van der Waals surface area contributed by atoms with Crippen LogP contribution in [0, 0.1) is 0 Å². The topological polar surface area (TPSA) is 42.2 Å². The quantitative estimate of drug-likeness (QED) is 0.870. The average molecular weight is 295 g/mol. The predicted octanol–water partition coefficient (Wildman–Crippen LogP) is 3.88. The summed E-state index contributed by atoms with van der Waals surface area (Å²) in [4.78, 5) is 11.6. The zero-order valence-corrected chi connectivity index (χ0v) is 10.9. The van der Waals surface area contributed by atoms with Gasteiger partial charge in [-0.2, -0.15) is 13.2 Å². The van der Waals surface area contributed by atoms with E-state index >= 15 is 0 Å². The van der Waals surface area contributed by atoms with Gasteiger partial charge in [-0.15, -0.1) is 6.58 Å². The number of nitrogens with one attached hydrogen (secondary N) is 1. The van der Waals surface area contributed by atoms with Gasteiger partial charge in [-0.25, -0.2) is 0 Å². The monoisotopic (exact) mass is 295 g/mol. The number of hydrogen-bond acceptors (Lipinski definition) is 2. The molecule has 1 amide bonds. The van der Waals surface area contributed by atoms with Crippen LogP contribution in [0.3, 0.4) is 0 Å². The molecule has 0 fully saturated rings. The molecule has 0 unspecified atom stereocenters. The maximum absolute atomic E-state index is 12.7. The lowest BCUT2D eigenvalue weighted by Crippen LogP contribution is -2.22. The van der Waals surface area contributed by atoms with Gasteiger partial charge >= 0.3 is 6.18 Å². The Morgan fingerprint density at radius 1 is 1.29 bits per heavy atom. The van der Waals surface area contributed by atoms with Gasteiger partial charge in [0.1, 0.15) is 5.76 Å². The Kier molecular flexibility index (Phi) is 4.16. The summed E-state index contributed by atoms with van der Waals surface area (Å²) in [5.41, 5.74) is -0.512. The molecule has 1 aromatic carbocycles. The first-order valence-corrected chi connectivity index (χ1v) is 6.08. The molecular weight excluding hydrogens is 283 g/mol. The molecule has 2 aromatic rings. The molecule has 110 valence electrons. The number of furan rings is 1. The van der Waals surface area contributed by atoms with Crippen molar-refractivity contribution in [1.82, 2.24) is 5.32 Å². The summed E-state index contributed by atoms with van der Waals surface area (Å²) in [6, 6.07) is 7.60. The molecule has 21 heavy (non-hydrogen) atoms. The molecule has 0 spiro atoms. The zero-order chi connectivity index (χ0) is 15.5. The fraction of sp³-hybridized carbons (Fsp3) is 0.133. The molecule has 3 nitrogen and oxygen atoms in total. The van der Waals surface area contributed by atoms with Crippen LogP contribution in [0.4, 0.5) is 13.2 Å². The molecule has 1 N–H and O–H groups in total. The van der Waals surface area contributed by atoms with E-state index < -0.39 is 17.6 Å². The van der Waals surface area contributed by atoms with Gasteiger partial charge in [0.2, 0.25) is 0 Å². The largest absolute Gasteiger partial charge is 0.451 e. The predicted molar refractivity (Wildman–Crippen MR) is 71.7 cm³/mol. The van der Waals surface area contributed by atoms with Crippen molar-refractivity contribution < 1.29 is 22.4 Å². The summed E-state index contributed by atoms with van der Waals surface area (Å²) < 4.78 is 43.2. The lowest BCUT2D eigenvalue weighted by atomic mass is 10.1. The van der Waals surface area contributed by atoms with Gasteiger partial charge in [-0.1, -0.05) is 18.2 Å². The normalized spacial score (nSPS) is 11.2. The Labute approximate surface area is 119 Å². The highest BCUT2D eigenvalue weighted by Gasteiger charge is 2.30. The van der Waals surface area contributed by atoms with Crippen LogP contribution in [0.15, 0.2) is 53.5 Å². The number of benzene rings is 1. The van der Waals surface area contributed by atoms with Gasteiger partial charge in [0.15, 0.2) is 5.76 Å². The van der Waals surface area contributed by atoms with E-state index in [0.29, 0.717) is 0 Å². The molecule has 1 heterocycles. The van der Waals surface area contributed by atoms with Crippen molar-refractivity contribution in [3.05, 3.63) is 60.4 Å². The van der Waals surface area contributed by atoms with E-state index in [2.05, 4.69) is 11.9 Å². The van der Waals surface area contributed by atoms with E-state index in [1.54, 1.807) is 0 Å². The number of halogens is 3. The van der Waals surface area contributed by atoms with E-state index in [9.17, 15) is 18.0 Å². The Bertz CT molecular complexity index is 659.